The predicted octanol–water partition coefficient (Wildman–Crippen LogP) is 1.91. The summed E-state index contributed by atoms with van der Waals surface area (Å²) in [6.07, 6.45) is -1.36. The molecule has 154 valence electrons. The number of carbonyl (C=O) groups excluding carboxylic acids is 3. The molecule has 3 N–H and O–H groups in total. The third-order valence-electron chi connectivity index (χ3n) is 3.84. The molecule has 0 unspecified atom stereocenters. The van der Waals surface area contributed by atoms with Crippen LogP contribution in [0, 0.1) is 0 Å². The molecule has 29 heavy (non-hydrogen) atoms. The molecule has 11 heteroatoms. The fraction of sp³-hybridized carbons (Fsp3) is 0.167. The lowest BCUT2D eigenvalue weighted by Crippen LogP contribution is -2.42. The number of sulfonamides is 1. The van der Waals surface area contributed by atoms with Gasteiger partial charge in [-0.3, -0.25) is 14.4 Å². The van der Waals surface area contributed by atoms with Crippen molar-refractivity contribution in [1.29, 1.82) is 0 Å². The molecule has 0 aliphatic rings. The van der Waals surface area contributed by atoms with E-state index in [1.54, 1.807) is 35.6 Å². The Bertz CT molecular complexity index is 1040. The first kappa shape index (κ1) is 22.2. The number of rotatable bonds is 6. The molecule has 0 aliphatic carbocycles. The van der Waals surface area contributed by atoms with Gasteiger partial charge in [0.25, 0.3) is 15.9 Å². The summed E-state index contributed by atoms with van der Waals surface area (Å²) >= 11 is 6.00. The van der Waals surface area contributed by atoms with Gasteiger partial charge < -0.3 is 10.5 Å². The van der Waals surface area contributed by atoms with Gasteiger partial charge in [-0.2, -0.15) is 0 Å². The van der Waals surface area contributed by atoms with Gasteiger partial charge in [-0.25, -0.2) is 18.0 Å². The molecule has 0 bridgehead atoms. The molecule has 0 heterocycles. The maximum Gasteiger partial charge on any atom is 0.340 e. The van der Waals surface area contributed by atoms with Crippen LogP contribution in [0.15, 0.2) is 53.4 Å². The summed E-state index contributed by atoms with van der Waals surface area (Å²) in [5.74, 6) is -1.98. The highest BCUT2D eigenvalue weighted by Gasteiger charge is 2.26. The number of primary amides is 1. The molecule has 0 aromatic heterocycles. The highest BCUT2D eigenvalue weighted by Crippen LogP contribution is 2.26. The van der Waals surface area contributed by atoms with Gasteiger partial charge in [0.1, 0.15) is 0 Å². The molecule has 3 amide bonds. The van der Waals surface area contributed by atoms with Crippen LogP contribution in [0.1, 0.15) is 17.3 Å². The van der Waals surface area contributed by atoms with Crippen molar-refractivity contribution >= 4 is 45.2 Å². The van der Waals surface area contributed by atoms with Crippen molar-refractivity contribution in [3.63, 3.8) is 0 Å². The summed E-state index contributed by atoms with van der Waals surface area (Å²) in [6.45, 7) is 1.22. The first-order chi connectivity index (χ1) is 13.5. The van der Waals surface area contributed by atoms with E-state index in [1.807, 2.05) is 0 Å². The zero-order valence-corrected chi connectivity index (χ0v) is 17.0. The number of anilines is 1. The van der Waals surface area contributed by atoms with E-state index in [1.165, 1.54) is 26.1 Å². The van der Waals surface area contributed by atoms with E-state index in [9.17, 15) is 22.8 Å². The number of ether oxygens (including phenoxy) is 1. The van der Waals surface area contributed by atoms with E-state index in [0.717, 1.165) is 10.4 Å². The molecule has 2 aromatic rings. The van der Waals surface area contributed by atoms with E-state index in [0.29, 0.717) is 5.69 Å². The van der Waals surface area contributed by atoms with Gasteiger partial charge in [-0.1, -0.05) is 29.8 Å². The number of halogens is 1. The number of nitrogens with one attached hydrogen (secondary N) is 1. The summed E-state index contributed by atoms with van der Waals surface area (Å²) in [7, 11) is -2.63. The first-order valence-corrected chi connectivity index (χ1v) is 10.0. The Morgan fingerprint density at radius 2 is 1.76 bits per heavy atom. The normalized spacial score (nSPS) is 12.0. The van der Waals surface area contributed by atoms with E-state index < -0.39 is 34.0 Å². The quantitative estimate of drug-likeness (QED) is 0.660. The number of esters is 1. The molecule has 2 rings (SSSR count). The molecule has 0 saturated carbocycles. The van der Waals surface area contributed by atoms with Crippen LogP contribution in [-0.4, -0.2) is 39.5 Å². The summed E-state index contributed by atoms with van der Waals surface area (Å²) < 4.78 is 31.8. The number of benzene rings is 2. The zero-order valence-electron chi connectivity index (χ0n) is 15.5. The van der Waals surface area contributed by atoms with Gasteiger partial charge in [0, 0.05) is 7.05 Å². The second kappa shape index (κ2) is 8.93. The number of carbonyl (C=O) groups is 3. The summed E-state index contributed by atoms with van der Waals surface area (Å²) in [5, 5.41) is 1.70. The van der Waals surface area contributed by atoms with Gasteiger partial charge in [0.2, 0.25) is 0 Å². The van der Waals surface area contributed by atoms with Crippen LogP contribution >= 0.6 is 11.6 Å². The second-order valence-corrected chi connectivity index (χ2v) is 8.23. The van der Waals surface area contributed by atoms with E-state index in [2.05, 4.69) is 0 Å². The Labute approximate surface area is 172 Å². The third-order valence-corrected chi connectivity index (χ3v) is 5.95. The molecule has 0 aliphatic heterocycles. The lowest BCUT2D eigenvalue weighted by molar-refractivity contribution is -0.127. The van der Waals surface area contributed by atoms with E-state index in [4.69, 9.17) is 22.1 Å². The summed E-state index contributed by atoms with van der Waals surface area (Å²) in [6, 6.07) is 10.8. The van der Waals surface area contributed by atoms with Crippen molar-refractivity contribution in [3.05, 3.63) is 59.1 Å². The van der Waals surface area contributed by atoms with Gasteiger partial charge >= 0.3 is 12.0 Å². The van der Waals surface area contributed by atoms with E-state index >= 15 is 0 Å². The summed E-state index contributed by atoms with van der Waals surface area (Å²) in [4.78, 5) is 34.5. The van der Waals surface area contributed by atoms with Crippen LogP contribution < -0.4 is 15.4 Å². The van der Waals surface area contributed by atoms with Crippen molar-refractivity contribution < 1.29 is 27.5 Å². The molecule has 0 radical (unpaired) electrons. The molecular weight excluding hydrogens is 422 g/mol. The maximum absolute atomic E-state index is 12.9. The number of nitrogens with two attached hydrogens (primary N) is 1. The number of imide groups is 1. The van der Waals surface area contributed by atoms with Crippen molar-refractivity contribution in [2.45, 2.75) is 17.9 Å². The van der Waals surface area contributed by atoms with Crippen molar-refractivity contribution in [3.8, 4) is 0 Å². The van der Waals surface area contributed by atoms with Gasteiger partial charge in [-0.15, -0.1) is 0 Å². The van der Waals surface area contributed by atoms with Gasteiger partial charge in [-0.05, 0) is 37.3 Å². The highest BCUT2D eigenvalue weighted by atomic mass is 35.5. The average Bonchev–Trinajstić information content (AvgIpc) is 2.67. The largest absolute Gasteiger partial charge is 0.449 e. The fourth-order valence-corrected chi connectivity index (χ4v) is 3.67. The third kappa shape index (κ3) is 5.24. The van der Waals surface area contributed by atoms with Crippen molar-refractivity contribution in [1.82, 2.24) is 5.32 Å². The topological polar surface area (TPSA) is 136 Å². The zero-order chi connectivity index (χ0) is 21.8. The number of hydrogen-bond acceptors (Lipinski definition) is 6. The number of hydrogen-bond donors (Lipinski definition) is 2. The number of para-hydroxylation sites is 1. The summed E-state index contributed by atoms with van der Waals surface area (Å²) in [5.41, 5.74) is 5.00. The van der Waals surface area contributed by atoms with Gasteiger partial charge in [0.05, 0.1) is 21.2 Å². The number of urea groups is 1. The van der Waals surface area contributed by atoms with Crippen LogP contribution in [0.5, 0.6) is 0 Å². The molecule has 0 saturated heterocycles. The van der Waals surface area contributed by atoms with Crippen molar-refractivity contribution in [2.24, 2.45) is 5.73 Å². The monoisotopic (exact) mass is 439 g/mol. The van der Waals surface area contributed by atoms with E-state index in [-0.39, 0.29) is 15.5 Å². The molecule has 2 aromatic carbocycles. The Morgan fingerprint density at radius 1 is 1.14 bits per heavy atom. The first-order valence-electron chi connectivity index (χ1n) is 8.19. The highest BCUT2D eigenvalue weighted by molar-refractivity contribution is 7.92. The molecule has 1 atom stereocenters. The van der Waals surface area contributed by atoms with Crippen LogP contribution in [0.25, 0.3) is 0 Å². The molecule has 0 fully saturated rings. The maximum atomic E-state index is 12.9. The fourth-order valence-electron chi connectivity index (χ4n) is 2.26. The lowest BCUT2D eigenvalue weighted by atomic mass is 10.2. The smallest absolute Gasteiger partial charge is 0.340 e. The van der Waals surface area contributed by atoms with Crippen LogP contribution in [0.3, 0.4) is 0 Å². The Morgan fingerprint density at radius 3 is 2.34 bits per heavy atom. The van der Waals surface area contributed by atoms with Crippen LogP contribution in [-0.2, 0) is 19.6 Å². The Kier molecular flexibility index (Phi) is 6.83. The standard InChI is InChI=1S/C18H18ClN3O6S/c1-11(16(23)21-18(20)25)28-17(24)14-10-13(8-9-15(14)19)29(26,27)22(2)12-6-4-3-5-7-12/h3-11H,1-2H3,(H3,20,21,23,25)/t11-/m0/s1. The predicted molar refractivity (Wildman–Crippen MR) is 106 cm³/mol. The Balaban J connectivity index is 2.30. The van der Waals surface area contributed by atoms with Gasteiger partial charge in [0.15, 0.2) is 6.10 Å². The minimum absolute atomic E-state index is 0.0705. The minimum Gasteiger partial charge on any atom is -0.449 e. The number of amides is 3. The molecule has 9 nitrogen and oxygen atoms in total. The van der Waals surface area contributed by atoms with Crippen LogP contribution in [0.2, 0.25) is 5.02 Å². The van der Waals surface area contributed by atoms with Crippen molar-refractivity contribution in [2.75, 3.05) is 11.4 Å². The average molecular weight is 440 g/mol. The SMILES string of the molecule is C[C@H](OC(=O)c1cc(S(=O)(=O)N(C)c2ccccc2)ccc1Cl)C(=O)NC(N)=O. The molecule has 0 spiro atoms. The lowest BCUT2D eigenvalue weighted by Gasteiger charge is -2.20. The molecular formula is C18H18ClN3O6S. The second-order valence-electron chi connectivity index (χ2n) is 5.85. The Hall–Kier alpha value is -3.11. The minimum atomic E-state index is -4.00. The van der Waals surface area contributed by atoms with Crippen LogP contribution in [0.4, 0.5) is 10.5 Å². The number of nitrogens with zero attached hydrogens (tertiary/aromatic N) is 1.